The molecule has 0 aliphatic carbocycles. The summed E-state index contributed by atoms with van der Waals surface area (Å²) in [5.41, 5.74) is 0. The fourth-order valence-corrected chi connectivity index (χ4v) is 2.57. The van der Waals surface area contributed by atoms with Crippen LogP contribution in [-0.2, 0) is 10.0 Å². The first-order valence-corrected chi connectivity index (χ1v) is 6.90. The molecule has 1 rings (SSSR count). The van der Waals surface area contributed by atoms with Crippen LogP contribution >= 0.6 is 11.6 Å². The molecule has 2 N–H and O–H groups in total. The van der Waals surface area contributed by atoms with E-state index in [2.05, 4.69) is 0 Å². The molecule has 0 fully saturated rings. The number of sulfonamides is 1. The second kappa shape index (κ2) is 6.00. The van der Waals surface area contributed by atoms with Crippen molar-refractivity contribution in [3.63, 3.8) is 0 Å². The number of nitrogens with one attached hydrogen (secondary N) is 1. The van der Waals surface area contributed by atoms with Gasteiger partial charge in [0.1, 0.15) is 17.3 Å². The first kappa shape index (κ1) is 16.1. The number of benzene rings is 1. The highest BCUT2D eigenvalue weighted by molar-refractivity contribution is 7.89. The molecule has 0 unspecified atom stereocenters. The maximum Gasteiger partial charge on any atom is 0.283 e. The molecule has 0 heterocycles. The minimum absolute atomic E-state index is 0.0627. The van der Waals surface area contributed by atoms with Crippen molar-refractivity contribution in [3.05, 3.63) is 23.2 Å². The summed E-state index contributed by atoms with van der Waals surface area (Å²) < 4.78 is 55.8. The van der Waals surface area contributed by atoms with E-state index in [-0.39, 0.29) is 15.7 Å². The lowest BCUT2D eigenvalue weighted by atomic mass is 10.3. The van der Waals surface area contributed by atoms with Gasteiger partial charge in [-0.25, -0.2) is 21.9 Å². The number of methoxy groups -OCH3 is 1. The zero-order valence-electron chi connectivity index (χ0n) is 9.86. The lowest BCUT2D eigenvalue weighted by molar-refractivity contribution is -0.0437. The Hall–Kier alpha value is -0.960. The fraction of sp³-hybridized carbons (Fsp3) is 0.400. The molecule has 0 aliphatic rings. The average Bonchev–Trinajstić information content (AvgIpc) is 2.36. The van der Waals surface area contributed by atoms with Gasteiger partial charge in [-0.05, 0) is 12.1 Å². The number of hydrogen-bond donors (Lipinski definition) is 2. The molecule has 0 amide bonds. The summed E-state index contributed by atoms with van der Waals surface area (Å²) in [6, 6.07) is 3.68. The summed E-state index contributed by atoms with van der Waals surface area (Å²) in [5.74, 6) is -3.60. The van der Waals surface area contributed by atoms with Crippen LogP contribution in [0.2, 0.25) is 5.02 Å². The first-order valence-electron chi connectivity index (χ1n) is 5.04. The SMILES string of the molecule is COc1cc(Cl)ccc1S(=O)(=O)NCC(F)(F)CO. The van der Waals surface area contributed by atoms with Crippen molar-refractivity contribution in [2.75, 3.05) is 20.3 Å². The number of aliphatic hydroxyl groups excluding tert-OH is 1. The summed E-state index contributed by atoms with van der Waals surface area (Å²) in [7, 11) is -2.96. The quantitative estimate of drug-likeness (QED) is 0.828. The van der Waals surface area contributed by atoms with E-state index < -0.39 is 29.1 Å². The lowest BCUT2D eigenvalue weighted by Gasteiger charge is -2.15. The molecule has 0 aliphatic heterocycles. The summed E-state index contributed by atoms with van der Waals surface area (Å²) in [6.45, 7) is -2.66. The molecule has 0 aromatic heterocycles. The standard InChI is InChI=1S/C10H12ClF2NO4S/c1-18-8-4-7(11)2-3-9(8)19(16,17)14-5-10(12,13)6-15/h2-4,14-15H,5-6H2,1H3. The van der Waals surface area contributed by atoms with E-state index >= 15 is 0 Å². The highest BCUT2D eigenvalue weighted by Gasteiger charge is 2.31. The van der Waals surface area contributed by atoms with Crippen molar-refractivity contribution in [2.24, 2.45) is 0 Å². The molecule has 9 heteroatoms. The Balaban J connectivity index is 3.01. The van der Waals surface area contributed by atoms with E-state index in [4.69, 9.17) is 21.4 Å². The van der Waals surface area contributed by atoms with Gasteiger partial charge in [0.2, 0.25) is 10.0 Å². The molecule has 0 radical (unpaired) electrons. The van der Waals surface area contributed by atoms with E-state index in [1.54, 1.807) is 4.72 Å². The smallest absolute Gasteiger partial charge is 0.283 e. The van der Waals surface area contributed by atoms with Crippen LogP contribution in [-0.4, -0.2) is 39.7 Å². The zero-order valence-corrected chi connectivity index (χ0v) is 11.4. The van der Waals surface area contributed by atoms with E-state index in [0.717, 1.165) is 6.07 Å². The first-order chi connectivity index (χ1) is 8.72. The molecule has 1 aromatic rings. The summed E-state index contributed by atoms with van der Waals surface area (Å²) in [5, 5.41) is 8.62. The highest BCUT2D eigenvalue weighted by Crippen LogP contribution is 2.27. The molecule has 0 bridgehead atoms. The maximum absolute atomic E-state index is 12.8. The van der Waals surface area contributed by atoms with Gasteiger partial charge < -0.3 is 9.84 Å². The number of halogens is 3. The third-order valence-corrected chi connectivity index (χ3v) is 3.84. The topological polar surface area (TPSA) is 75.6 Å². The molecule has 0 atom stereocenters. The number of alkyl halides is 2. The second-order valence-electron chi connectivity index (χ2n) is 3.63. The average molecular weight is 316 g/mol. The maximum atomic E-state index is 12.8. The van der Waals surface area contributed by atoms with Gasteiger partial charge in [0.05, 0.1) is 13.7 Å². The van der Waals surface area contributed by atoms with Gasteiger partial charge in [-0.1, -0.05) is 11.6 Å². The Morgan fingerprint density at radius 2 is 2.11 bits per heavy atom. The summed E-state index contributed by atoms with van der Waals surface area (Å²) in [6.07, 6.45) is 0. The predicted molar refractivity (Wildman–Crippen MR) is 65.2 cm³/mol. The number of aliphatic hydroxyl groups is 1. The summed E-state index contributed by atoms with van der Waals surface area (Å²) in [4.78, 5) is -0.312. The van der Waals surface area contributed by atoms with Crippen LogP contribution in [0.4, 0.5) is 8.78 Å². The molecule has 0 spiro atoms. The molecule has 0 saturated carbocycles. The Labute approximate surface area is 114 Å². The second-order valence-corrected chi connectivity index (χ2v) is 5.81. The fourth-order valence-electron chi connectivity index (χ4n) is 1.20. The van der Waals surface area contributed by atoms with Gasteiger partial charge in [-0.3, -0.25) is 0 Å². The van der Waals surface area contributed by atoms with Crippen LogP contribution in [0.5, 0.6) is 5.75 Å². The predicted octanol–water partition coefficient (Wildman–Crippen LogP) is 1.25. The van der Waals surface area contributed by atoms with Gasteiger partial charge in [0.15, 0.2) is 0 Å². The van der Waals surface area contributed by atoms with Crippen LogP contribution in [0.25, 0.3) is 0 Å². The third-order valence-electron chi connectivity index (χ3n) is 2.17. The van der Waals surface area contributed by atoms with Crippen molar-refractivity contribution in [1.82, 2.24) is 4.72 Å². The van der Waals surface area contributed by atoms with Gasteiger partial charge in [0.25, 0.3) is 5.92 Å². The van der Waals surface area contributed by atoms with Gasteiger partial charge in [0, 0.05) is 11.1 Å². The Morgan fingerprint density at radius 1 is 1.47 bits per heavy atom. The molecule has 108 valence electrons. The number of hydrogen-bond acceptors (Lipinski definition) is 4. The van der Waals surface area contributed by atoms with Crippen molar-refractivity contribution < 1.29 is 27.0 Å². The Kier molecular flexibility index (Phi) is 5.08. The molecule has 1 aromatic carbocycles. The largest absolute Gasteiger partial charge is 0.495 e. The van der Waals surface area contributed by atoms with Gasteiger partial charge >= 0.3 is 0 Å². The van der Waals surface area contributed by atoms with E-state index in [1.165, 1.54) is 19.2 Å². The zero-order chi connectivity index (χ0) is 14.7. The van der Waals surface area contributed by atoms with Crippen molar-refractivity contribution in [2.45, 2.75) is 10.8 Å². The lowest BCUT2D eigenvalue weighted by Crippen LogP contribution is -2.39. The number of rotatable bonds is 6. The molecule has 5 nitrogen and oxygen atoms in total. The Morgan fingerprint density at radius 3 is 2.63 bits per heavy atom. The minimum Gasteiger partial charge on any atom is -0.495 e. The highest BCUT2D eigenvalue weighted by atomic mass is 35.5. The summed E-state index contributed by atoms with van der Waals surface area (Å²) >= 11 is 5.67. The molecule has 0 saturated heterocycles. The van der Waals surface area contributed by atoms with E-state index in [9.17, 15) is 17.2 Å². The van der Waals surface area contributed by atoms with E-state index in [0.29, 0.717) is 0 Å². The van der Waals surface area contributed by atoms with Crippen LogP contribution in [0, 0.1) is 0 Å². The van der Waals surface area contributed by atoms with Crippen molar-refractivity contribution in [3.8, 4) is 5.75 Å². The van der Waals surface area contributed by atoms with Crippen molar-refractivity contribution in [1.29, 1.82) is 0 Å². The monoisotopic (exact) mass is 315 g/mol. The van der Waals surface area contributed by atoms with E-state index in [1.807, 2.05) is 0 Å². The van der Waals surface area contributed by atoms with Crippen LogP contribution in [0.15, 0.2) is 23.1 Å². The molecule has 19 heavy (non-hydrogen) atoms. The molecular weight excluding hydrogens is 304 g/mol. The van der Waals surface area contributed by atoms with Crippen LogP contribution in [0.3, 0.4) is 0 Å². The minimum atomic E-state index is -4.19. The number of ether oxygens (including phenoxy) is 1. The van der Waals surface area contributed by atoms with Gasteiger partial charge in [-0.15, -0.1) is 0 Å². The normalized spacial score (nSPS) is 12.5. The third kappa shape index (κ3) is 4.27. The molecular formula is C10H12ClF2NO4S. The van der Waals surface area contributed by atoms with Crippen LogP contribution < -0.4 is 9.46 Å². The van der Waals surface area contributed by atoms with Crippen LogP contribution in [0.1, 0.15) is 0 Å². The van der Waals surface area contributed by atoms with Crippen molar-refractivity contribution >= 4 is 21.6 Å². The van der Waals surface area contributed by atoms with Gasteiger partial charge in [-0.2, -0.15) is 0 Å². The Bertz CT molecular complexity index is 550.